The number of carbonyl (C=O) groups is 2. The summed E-state index contributed by atoms with van der Waals surface area (Å²) in [5.41, 5.74) is 0. The Morgan fingerprint density at radius 1 is 0.719 bits per heavy atom. The zero-order valence-electron chi connectivity index (χ0n) is 19.1. The third-order valence-corrected chi connectivity index (χ3v) is 6.61. The SMILES string of the molecule is CC(=O)O[C@H](C#C[C@@H](OC(C)=O)[C@H]1COC2(CCCCC2)O1)[C@H]1COC2(CCCCC2)O1. The summed E-state index contributed by atoms with van der Waals surface area (Å²) in [6, 6.07) is 0. The molecule has 4 fully saturated rings. The van der Waals surface area contributed by atoms with E-state index in [0.717, 1.165) is 51.4 Å². The highest BCUT2D eigenvalue weighted by atomic mass is 16.8. The van der Waals surface area contributed by atoms with E-state index in [1.165, 1.54) is 26.7 Å². The minimum atomic E-state index is -0.821. The van der Waals surface area contributed by atoms with Crippen molar-refractivity contribution in [1.82, 2.24) is 0 Å². The summed E-state index contributed by atoms with van der Waals surface area (Å²) in [6.45, 7) is 3.28. The Morgan fingerprint density at radius 2 is 1.09 bits per heavy atom. The lowest BCUT2D eigenvalue weighted by atomic mass is 9.94. The third kappa shape index (κ3) is 5.63. The van der Waals surface area contributed by atoms with Crippen LogP contribution in [-0.4, -0.2) is 61.1 Å². The molecular formula is C24H34O8. The van der Waals surface area contributed by atoms with Gasteiger partial charge in [0.25, 0.3) is 0 Å². The van der Waals surface area contributed by atoms with Gasteiger partial charge >= 0.3 is 11.9 Å². The van der Waals surface area contributed by atoms with E-state index < -0.39 is 47.9 Å². The van der Waals surface area contributed by atoms with Crippen LogP contribution in [0.1, 0.15) is 78.1 Å². The number of carbonyl (C=O) groups excluding carboxylic acids is 2. The van der Waals surface area contributed by atoms with Gasteiger partial charge in [-0.2, -0.15) is 0 Å². The van der Waals surface area contributed by atoms with Crippen molar-refractivity contribution in [3.63, 3.8) is 0 Å². The van der Waals surface area contributed by atoms with Crippen molar-refractivity contribution >= 4 is 11.9 Å². The molecule has 2 aliphatic carbocycles. The number of esters is 2. The normalized spacial score (nSPS) is 30.3. The average Bonchev–Trinajstić information content (AvgIpc) is 3.35. The van der Waals surface area contributed by atoms with Crippen LogP contribution < -0.4 is 0 Å². The first-order valence-corrected chi connectivity index (χ1v) is 11.9. The molecule has 2 aliphatic heterocycles. The number of hydrogen-bond donors (Lipinski definition) is 0. The topological polar surface area (TPSA) is 89.5 Å². The number of rotatable bonds is 4. The van der Waals surface area contributed by atoms with Crippen molar-refractivity contribution < 1.29 is 38.0 Å². The summed E-state index contributed by atoms with van der Waals surface area (Å²) >= 11 is 0. The Hall–Kier alpha value is -1.66. The summed E-state index contributed by atoms with van der Waals surface area (Å²) < 4.78 is 35.3. The molecule has 0 N–H and O–H groups in total. The Labute approximate surface area is 189 Å². The van der Waals surface area contributed by atoms with Gasteiger partial charge in [-0.05, 0) is 25.7 Å². The van der Waals surface area contributed by atoms with E-state index in [4.69, 9.17) is 28.4 Å². The van der Waals surface area contributed by atoms with E-state index in [1.54, 1.807) is 0 Å². The Kier molecular flexibility index (Phi) is 7.40. The molecule has 0 bridgehead atoms. The Balaban J connectivity index is 1.47. The first-order valence-electron chi connectivity index (χ1n) is 11.9. The van der Waals surface area contributed by atoms with Crippen LogP contribution in [0.4, 0.5) is 0 Å². The molecular weight excluding hydrogens is 416 g/mol. The number of ether oxygens (including phenoxy) is 6. The third-order valence-electron chi connectivity index (χ3n) is 6.61. The highest BCUT2D eigenvalue weighted by molar-refractivity contribution is 5.67. The molecule has 32 heavy (non-hydrogen) atoms. The maximum absolute atomic E-state index is 11.7. The second-order valence-electron chi connectivity index (χ2n) is 9.23. The Morgan fingerprint density at radius 3 is 1.44 bits per heavy atom. The smallest absolute Gasteiger partial charge is 0.303 e. The van der Waals surface area contributed by atoms with Crippen molar-refractivity contribution in [2.24, 2.45) is 0 Å². The second-order valence-corrected chi connectivity index (χ2v) is 9.23. The molecule has 0 aromatic rings. The van der Waals surface area contributed by atoms with Gasteiger partial charge in [0.15, 0.2) is 23.8 Å². The summed E-state index contributed by atoms with van der Waals surface area (Å²) in [7, 11) is 0. The standard InChI is InChI=1S/C24H34O8/c1-17(25)29-19(21-15-27-23(31-21)11-5-3-6-12-23)9-10-20(30-18(2)26)22-16-28-24(32-22)13-7-4-8-14-24/h19-22H,3-8,11-16H2,1-2H3/t19-,20-,21-,22-/m1/s1. The highest BCUT2D eigenvalue weighted by Gasteiger charge is 2.47. The van der Waals surface area contributed by atoms with Gasteiger partial charge in [-0.15, -0.1) is 0 Å². The molecule has 2 spiro atoms. The van der Waals surface area contributed by atoms with Crippen molar-refractivity contribution in [2.75, 3.05) is 13.2 Å². The fourth-order valence-corrected chi connectivity index (χ4v) is 5.08. The van der Waals surface area contributed by atoms with E-state index in [0.29, 0.717) is 13.2 Å². The minimum Gasteiger partial charge on any atom is -0.446 e. The molecule has 2 heterocycles. The van der Waals surface area contributed by atoms with Crippen LogP contribution in [0.25, 0.3) is 0 Å². The highest BCUT2D eigenvalue weighted by Crippen LogP contribution is 2.40. The van der Waals surface area contributed by atoms with Crippen LogP contribution in [0.3, 0.4) is 0 Å². The molecule has 0 amide bonds. The van der Waals surface area contributed by atoms with Crippen LogP contribution in [0.2, 0.25) is 0 Å². The molecule has 4 atom stereocenters. The zero-order chi connectivity index (χ0) is 22.6. The van der Waals surface area contributed by atoms with Crippen molar-refractivity contribution in [1.29, 1.82) is 0 Å². The molecule has 2 saturated heterocycles. The zero-order valence-corrected chi connectivity index (χ0v) is 19.1. The maximum atomic E-state index is 11.7. The van der Waals surface area contributed by atoms with Crippen molar-refractivity contribution in [3.05, 3.63) is 0 Å². The summed E-state index contributed by atoms with van der Waals surface area (Å²) in [4.78, 5) is 23.5. The van der Waals surface area contributed by atoms with E-state index in [1.807, 2.05) is 0 Å². The van der Waals surface area contributed by atoms with Gasteiger partial charge < -0.3 is 28.4 Å². The molecule has 4 aliphatic rings. The number of hydrogen-bond acceptors (Lipinski definition) is 8. The van der Waals surface area contributed by atoms with Crippen LogP contribution >= 0.6 is 0 Å². The fraction of sp³-hybridized carbons (Fsp3) is 0.833. The van der Waals surface area contributed by atoms with Gasteiger partial charge in [0, 0.05) is 39.5 Å². The van der Waals surface area contributed by atoms with Gasteiger partial charge in [0.2, 0.25) is 0 Å². The van der Waals surface area contributed by atoms with Gasteiger partial charge in [-0.1, -0.05) is 24.7 Å². The van der Waals surface area contributed by atoms with Gasteiger partial charge in [-0.25, -0.2) is 0 Å². The van der Waals surface area contributed by atoms with Gasteiger partial charge in [-0.3, -0.25) is 9.59 Å². The predicted molar refractivity (Wildman–Crippen MR) is 112 cm³/mol. The van der Waals surface area contributed by atoms with Gasteiger partial charge in [0.05, 0.1) is 13.2 Å². The molecule has 0 aromatic heterocycles. The van der Waals surface area contributed by atoms with Crippen LogP contribution in [-0.2, 0) is 38.0 Å². The molecule has 0 aromatic carbocycles. The van der Waals surface area contributed by atoms with Gasteiger partial charge in [0.1, 0.15) is 12.2 Å². The first kappa shape index (κ1) is 23.5. The molecule has 8 nitrogen and oxygen atoms in total. The minimum absolute atomic E-state index is 0.303. The predicted octanol–water partition coefficient (Wildman–Crippen LogP) is 3.00. The van der Waals surface area contributed by atoms with E-state index in [9.17, 15) is 9.59 Å². The van der Waals surface area contributed by atoms with E-state index >= 15 is 0 Å². The molecule has 178 valence electrons. The first-order chi connectivity index (χ1) is 15.4. The van der Waals surface area contributed by atoms with Crippen LogP contribution in [0, 0.1) is 11.8 Å². The monoisotopic (exact) mass is 450 g/mol. The molecule has 8 heteroatoms. The lowest BCUT2D eigenvalue weighted by Crippen LogP contribution is -2.38. The summed E-state index contributed by atoms with van der Waals surface area (Å²) in [5, 5.41) is 0. The van der Waals surface area contributed by atoms with Crippen LogP contribution in [0.15, 0.2) is 0 Å². The summed E-state index contributed by atoms with van der Waals surface area (Å²) in [5.74, 6) is 3.84. The quantitative estimate of drug-likeness (QED) is 0.477. The molecule has 2 saturated carbocycles. The lowest BCUT2D eigenvalue weighted by Gasteiger charge is -2.32. The molecule has 4 rings (SSSR count). The van der Waals surface area contributed by atoms with E-state index in [2.05, 4.69) is 11.8 Å². The van der Waals surface area contributed by atoms with Crippen LogP contribution in [0.5, 0.6) is 0 Å². The van der Waals surface area contributed by atoms with E-state index in [-0.39, 0.29) is 0 Å². The summed E-state index contributed by atoms with van der Waals surface area (Å²) in [6.07, 6.45) is 7.21. The maximum Gasteiger partial charge on any atom is 0.303 e. The molecule has 0 radical (unpaired) electrons. The fourth-order valence-electron chi connectivity index (χ4n) is 5.08. The molecule has 0 unspecified atom stereocenters. The second kappa shape index (κ2) is 10.1. The lowest BCUT2D eigenvalue weighted by molar-refractivity contribution is -0.197. The largest absolute Gasteiger partial charge is 0.446 e. The Bertz CT molecular complexity index is 681. The van der Waals surface area contributed by atoms with Crippen molar-refractivity contribution in [3.8, 4) is 11.8 Å². The average molecular weight is 451 g/mol. The van der Waals surface area contributed by atoms with Crippen molar-refractivity contribution in [2.45, 2.75) is 114 Å².